The number of hydrogen-bond acceptors (Lipinski definition) is 8. The number of halogens is 1. The van der Waals surface area contributed by atoms with Gasteiger partial charge in [-0.25, -0.2) is 27.5 Å². The Morgan fingerprint density at radius 3 is 2.57 bits per heavy atom. The minimum Gasteiger partial charge on any atom is -0.336 e. The molecular formula is C31H30FN9O2S. The van der Waals surface area contributed by atoms with E-state index in [1.165, 1.54) is 31.4 Å². The van der Waals surface area contributed by atoms with Gasteiger partial charge >= 0.3 is 0 Å². The van der Waals surface area contributed by atoms with E-state index in [2.05, 4.69) is 40.8 Å². The lowest BCUT2D eigenvalue weighted by Gasteiger charge is -2.26. The van der Waals surface area contributed by atoms with Crippen LogP contribution in [0.25, 0.3) is 56.1 Å². The third kappa shape index (κ3) is 5.94. The summed E-state index contributed by atoms with van der Waals surface area (Å²) in [6.45, 7) is 3.05. The molecule has 0 amide bonds. The summed E-state index contributed by atoms with van der Waals surface area (Å²) in [5.74, 6) is -0.0237. The van der Waals surface area contributed by atoms with Gasteiger partial charge in [-0.2, -0.15) is 5.10 Å². The van der Waals surface area contributed by atoms with Crippen molar-refractivity contribution in [2.24, 2.45) is 0 Å². The zero-order valence-electron chi connectivity index (χ0n) is 24.0. The van der Waals surface area contributed by atoms with E-state index < -0.39 is 15.8 Å². The van der Waals surface area contributed by atoms with Crippen molar-refractivity contribution in [3.63, 3.8) is 0 Å². The minimum atomic E-state index is -3.44. The largest absolute Gasteiger partial charge is 0.336 e. The maximum atomic E-state index is 14.6. The second-order valence-corrected chi connectivity index (χ2v) is 13.0. The molecule has 3 N–H and O–H groups in total. The quantitative estimate of drug-likeness (QED) is 0.223. The summed E-state index contributed by atoms with van der Waals surface area (Å²) in [6.07, 6.45) is 10.2. The fourth-order valence-corrected chi connectivity index (χ4v) is 6.11. The van der Waals surface area contributed by atoms with Gasteiger partial charge in [0, 0.05) is 42.8 Å². The van der Waals surface area contributed by atoms with E-state index in [0.29, 0.717) is 44.9 Å². The fourth-order valence-electron chi connectivity index (χ4n) is 5.68. The molecule has 13 heteroatoms. The van der Waals surface area contributed by atoms with Crippen LogP contribution in [-0.4, -0.2) is 67.8 Å². The summed E-state index contributed by atoms with van der Waals surface area (Å²) in [6, 6.07) is 12.2. The van der Waals surface area contributed by atoms with Crippen LogP contribution in [0.2, 0.25) is 0 Å². The Hall–Kier alpha value is -4.59. The van der Waals surface area contributed by atoms with Gasteiger partial charge < -0.3 is 4.98 Å². The van der Waals surface area contributed by atoms with Crippen LogP contribution in [0.1, 0.15) is 30.4 Å². The normalized spacial score (nSPS) is 14.5. The van der Waals surface area contributed by atoms with Crippen molar-refractivity contribution < 1.29 is 12.8 Å². The first-order valence-electron chi connectivity index (χ1n) is 14.4. The smallest absolute Gasteiger partial charge is 0.209 e. The van der Waals surface area contributed by atoms with Gasteiger partial charge in [0.2, 0.25) is 10.0 Å². The Kier molecular flexibility index (Phi) is 7.36. The first-order valence-corrected chi connectivity index (χ1v) is 16.3. The van der Waals surface area contributed by atoms with Gasteiger partial charge in [-0.1, -0.05) is 6.42 Å². The summed E-state index contributed by atoms with van der Waals surface area (Å²) in [5, 5.41) is 7.57. The van der Waals surface area contributed by atoms with Crippen LogP contribution in [0.15, 0.2) is 61.1 Å². The Morgan fingerprint density at radius 1 is 0.909 bits per heavy atom. The summed E-state index contributed by atoms with van der Waals surface area (Å²) in [5.41, 5.74) is 7.42. The molecule has 1 aromatic carbocycles. The Labute approximate surface area is 253 Å². The van der Waals surface area contributed by atoms with E-state index in [1.807, 2.05) is 24.5 Å². The number of sulfonamides is 1. The Morgan fingerprint density at radius 2 is 1.73 bits per heavy atom. The molecule has 0 unspecified atom stereocenters. The van der Waals surface area contributed by atoms with Crippen LogP contribution < -0.4 is 4.72 Å². The molecule has 7 rings (SSSR count). The molecule has 11 nitrogen and oxygen atoms in total. The number of aromatic nitrogens is 7. The standard InChI is InChI=1S/C31H30FN9O2S/c1-44(42,43)35-16-19-11-21(14-23(32)13-19)27-28-25(7-8-34-27)37-31(38-28)30-29-26(39-40-30)6-5-24(36-29)22-12-20(15-33-17-22)18-41-9-3-2-4-10-41/h5-8,11-15,17,35H,2-4,9-10,16,18H2,1H3,(H,37,38)(H,39,40). The second kappa shape index (κ2) is 11.5. The lowest BCUT2D eigenvalue weighted by atomic mass is 10.1. The van der Waals surface area contributed by atoms with Crippen LogP contribution in [0.5, 0.6) is 0 Å². The zero-order valence-corrected chi connectivity index (χ0v) is 24.8. The maximum Gasteiger partial charge on any atom is 0.209 e. The number of nitrogens with one attached hydrogen (secondary N) is 3. The van der Waals surface area contributed by atoms with E-state index in [-0.39, 0.29) is 6.54 Å². The highest BCUT2D eigenvalue weighted by Crippen LogP contribution is 2.31. The van der Waals surface area contributed by atoms with Crippen molar-refractivity contribution in [2.75, 3.05) is 19.3 Å². The molecule has 5 aromatic heterocycles. The van der Waals surface area contributed by atoms with Crippen LogP contribution in [0.4, 0.5) is 4.39 Å². The molecule has 0 radical (unpaired) electrons. The van der Waals surface area contributed by atoms with Gasteiger partial charge in [-0.15, -0.1) is 0 Å². The summed E-state index contributed by atoms with van der Waals surface area (Å²) >= 11 is 0. The first-order chi connectivity index (χ1) is 21.3. The van der Waals surface area contributed by atoms with Crippen LogP contribution >= 0.6 is 0 Å². The molecule has 1 aliphatic rings. The molecule has 1 saturated heterocycles. The van der Waals surface area contributed by atoms with Gasteiger partial charge in [0.25, 0.3) is 0 Å². The highest BCUT2D eigenvalue weighted by molar-refractivity contribution is 7.88. The molecule has 224 valence electrons. The van der Waals surface area contributed by atoms with Crippen LogP contribution in [-0.2, 0) is 23.1 Å². The monoisotopic (exact) mass is 611 g/mol. The number of fused-ring (bicyclic) bond motifs is 2. The molecule has 0 bridgehead atoms. The average molecular weight is 612 g/mol. The fraction of sp³-hybridized carbons (Fsp3) is 0.258. The van der Waals surface area contributed by atoms with E-state index in [0.717, 1.165) is 48.2 Å². The number of piperidine rings is 1. The third-order valence-corrected chi connectivity index (χ3v) is 8.42. The van der Waals surface area contributed by atoms with Crippen LogP contribution in [0.3, 0.4) is 0 Å². The number of aromatic amines is 2. The number of H-pyrrole nitrogens is 2. The van der Waals surface area contributed by atoms with Crippen molar-refractivity contribution in [3.8, 4) is 34.0 Å². The zero-order chi connectivity index (χ0) is 30.3. The van der Waals surface area contributed by atoms with Crippen molar-refractivity contribution in [1.29, 1.82) is 0 Å². The number of hydrogen-bond donors (Lipinski definition) is 3. The highest BCUT2D eigenvalue weighted by Gasteiger charge is 2.19. The van der Waals surface area contributed by atoms with Gasteiger partial charge in [0.15, 0.2) is 11.5 Å². The first kappa shape index (κ1) is 28.2. The number of benzene rings is 1. The lowest BCUT2D eigenvalue weighted by molar-refractivity contribution is 0.220. The van der Waals surface area contributed by atoms with Gasteiger partial charge in [-0.05, 0) is 79.5 Å². The number of pyridine rings is 3. The highest BCUT2D eigenvalue weighted by atomic mass is 32.2. The molecular weight excluding hydrogens is 581 g/mol. The SMILES string of the molecule is CS(=O)(=O)NCc1cc(F)cc(-c2nccc3[nH]c(-c4n[nH]c5ccc(-c6cncc(CN7CCCCC7)c6)nc45)nc23)c1. The molecule has 0 atom stereocenters. The number of nitrogens with zero attached hydrogens (tertiary/aromatic N) is 6. The molecule has 0 spiro atoms. The maximum absolute atomic E-state index is 14.6. The van der Waals surface area contributed by atoms with Crippen molar-refractivity contribution in [3.05, 3.63) is 78.0 Å². The van der Waals surface area contributed by atoms with Crippen LogP contribution in [0, 0.1) is 5.82 Å². The van der Waals surface area contributed by atoms with E-state index >= 15 is 0 Å². The molecule has 6 heterocycles. The van der Waals surface area contributed by atoms with Crippen molar-refractivity contribution >= 4 is 32.1 Å². The lowest BCUT2D eigenvalue weighted by Crippen LogP contribution is -2.29. The van der Waals surface area contributed by atoms with E-state index in [9.17, 15) is 12.8 Å². The van der Waals surface area contributed by atoms with Crippen molar-refractivity contribution in [2.45, 2.75) is 32.4 Å². The molecule has 1 fully saturated rings. The molecule has 0 saturated carbocycles. The number of likely N-dealkylation sites (tertiary alicyclic amines) is 1. The van der Waals surface area contributed by atoms with Gasteiger partial charge in [-0.3, -0.25) is 20.0 Å². The number of rotatable bonds is 8. The topological polar surface area (TPSA) is 145 Å². The average Bonchev–Trinajstić information content (AvgIpc) is 3.64. The minimum absolute atomic E-state index is 0.0463. The van der Waals surface area contributed by atoms with E-state index in [1.54, 1.807) is 18.3 Å². The Bertz CT molecular complexity index is 2100. The summed E-state index contributed by atoms with van der Waals surface area (Å²) in [4.78, 5) is 24.5. The summed E-state index contributed by atoms with van der Waals surface area (Å²) in [7, 11) is -3.44. The van der Waals surface area contributed by atoms with Gasteiger partial charge in [0.1, 0.15) is 16.9 Å². The molecule has 1 aliphatic heterocycles. The van der Waals surface area contributed by atoms with E-state index in [4.69, 9.17) is 9.97 Å². The predicted molar refractivity (Wildman–Crippen MR) is 166 cm³/mol. The predicted octanol–water partition coefficient (Wildman–Crippen LogP) is 4.80. The third-order valence-electron chi connectivity index (χ3n) is 7.75. The van der Waals surface area contributed by atoms with Crippen molar-refractivity contribution in [1.82, 2.24) is 44.7 Å². The summed E-state index contributed by atoms with van der Waals surface area (Å²) < 4.78 is 40.1. The molecule has 44 heavy (non-hydrogen) atoms. The Balaban J connectivity index is 1.23. The molecule has 6 aromatic rings. The molecule has 0 aliphatic carbocycles. The second-order valence-electron chi connectivity index (χ2n) is 11.2. The number of imidazole rings is 1. The van der Waals surface area contributed by atoms with Gasteiger partial charge in [0.05, 0.1) is 28.7 Å².